The number of alkyl halides is 3. The molecule has 1 aliphatic heterocycles. The number of nitrogens with one attached hydrogen (secondary N) is 1. The summed E-state index contributed by atoms with van der Waals surface area (Å²) in [5, 5.41) is 4.00. The Bertz CT molecular complexity index is 1220. The van der Waals surface area contributed by atoms with Gasteiger partial charge in [0.15, 0.2) is 5.82 Å². The van der Waals surface area contributed by atoms with Crippen LogP contribution in [0.3, 0.4) is 0 Å². The molecule has 9 heteroatoms. The maximum atomic E-state index is 14.6. The summed E-state index contributed by atoms with van der Waals surface area (Å²) in [6, 6.07) is 8.61. The van der Waals surface area contributed by atoms with Crippen LogP contribution in [0.1, 0.15) is 40.2 Å². The third kappa shape index (κ3) is 4.13. The van der Waals surface area contributed by atoms with Crippen molar-refractivity contribution in [2.24, 2.45) is 0 Å². The van der Waals surface area contributed by atoms with Crippen molar-refractivity contribution in [3.8, 4) is 0 Å². The molecule has 1 amide bonds. The third-order valence-corrected chi connectivity index (χ3v) is 6.05. The third-order valence-electron chi connectivity index (χ3n) is 6.05. The zero-order valence-electron chi connectivity index (χ0n) is 17.6. The standard InChI is InChI=1S/C24H21F4N3O2/c25-21-18(24(26,27)28)5-2-6-19(21)30-22-16-4-1-3-15(14-7-8-14)20(16)17(13-29-22)23(32)31-9-11-33-12-10-31/h1-6,13-14H,7-12H2,(H,29,30). The minimum absolute atomic E-state index is 0.166. The van der Waals surface area contributed by atoms with E-state index in [4.69, 9.17) is 4.74 Å². The van der Waals surface area contributed by atoms with Crippen molar-refractivity contribution in [1.82, 2.24) is 9.88 Å². The van der Waals surface area contributed by atoms with E-state index in [1.165, 1.54) is 12.3 Å². The molecule has 1 saturated carbocycles. The van der Waals surface area contributed by atoms with Gasteiger partial charge in [-0.1, -0.05) is 24.3 Å². The number of hydrogen-bond acceptors (Lipinski definition) is 4. The van der Waals surface area contributed by atoms with Crippen LogP contribution in [0.15, 0.2) is 42.6 Å². The second kappa shape index (κ2) is 8.30. The monoisotopic (exact) mass is 459 g/mol. The summed E-state index contributed by atoms with van der Waals surface area (Å²) in [5.41, 5.74) is -0.249. The van der Waals surface area contributed by atoms with Gasteiger partial charge in [-0.3, -0.25) is 4.79 Å². The summed E-state index contributed by atoms with van der Waals surface area (Å²) in [6.45, 7) is 1.87. The fourth-order valence-electron chi connectivity index (χ4n) is 4.24. The van der Waals surface area contributed by atoms with Gasteiger partial charge in [0.05, 0.1) is 30.0 Å². The van der Waals surface area contributed by atoms with Crippen molar-refractivity contribution in [1.29, 1.82) is 0 Å². The number of fused-ring (bicyclic) bond motifs is 1. The number of carbonyl (C=O) groups excluding carboxylic acids is 1. The van der Waals surface area contributed by atoms with Gasteiger partial charge >= 0.3 is 6.18 Å². The van der Waals surface area contributed by atoms with E-state index in [0.717, 1.165) is 24.5 Å². The van der Waals surface area contributed by atoms with Crippen molar-refractivity contribution in [3.63, 3.8) is 0 Å². The molecular weight excluding hydrogens is 438 g/mol. The lowest BCUT2D eigenvalue weighted by Gasteiger charge is -2.27. The second-order valence-corrected chi connectivity index (χ2v) is 8.26. The fraction of sp³-hybridized carbons (Fsp3) is 0.333. The SMILES string of the molecule is O=C(c1cnc(Nc2cccc(C(F)(F)F)c2F)c2cccc(C3CC3)c12)N1CCOCC1. The van der Waals surface area contributed by atoms with Gasteiger partial charge in [-0.2, -0.15) is 13.2 Å². The molecule has 2 aliphatic rings. The molecule has 0 bridgehead atoms. The Kier molecular flexibility index (Phi) is 5.44. The van der Waals surface area contributed by atoms with Gasteiger partial charge in [0.25, 0.3) is 5.91 Å². The Balaban J connectivity index is 1.61. The highest BCUT2D eigenvalue weighted by Crippen LogP contribution is 2.45. The quantitative estimate of drug-likeness (QED) is 0.525. The molecule has 0 radical (unpaired) electrons. The summed E-state index contributed by atoms with van der Waals surface area (Å²) in [6.07, 6.45) is -1.39. The molecule has 0 spiro atoms. The molecule has 33 heavy (non-hydrogen) atoms. The second-order valence-electron chi connectivity index (χ2n) is 8.26. The molecule has 2 aromatic carbocycles. The summed E-state index contributed by atoms with van der Waals surface area (Å²) in [7, 11) is 0. The van der Waals surface area contributed by atoms with Crippen LogP contribution in [-0.2, 0) is 10.9 Å². The number of carbonyl (C=O) groups is 1. The molecule has 0 unspecified atom stereocenters. The number of amides is 1. The molecule has 0 atom stereocenters. The number of anilines is 2. The molecule has 2 heterocycles. The Morgan fingerprint density at radius 1 is 1.09 bits per heavy atom. The molecule has 1 N–H and O–H groups in total. The number of morpholine rings is 1. The summed E-state index contributed by atoms with van der Waals surface area (Å²) in [5.74, 6) is -1.05. The largest absolute Gasteiger partial charge is 0.419 e. The number of ether oxygens (including phenoxy) is 1. The van der Waals surface area contributed by atoms with Crippen LogP contribution in [0, 0.1) is 5.82 Å². The first-order chi connectivity index (χ1) is 15.8. The molecular formula is C24H21F4N3O2. The Hall–Kier alpha value is -3.20. The van der Waals surface area contributed by atoms with Crippen LogP contribution >= 0.6 is 0 Å². The predicted molar refractivity (Wildman–Crippen MR) is 115 cm³/mol. The van der Waals surface area contributed by atoms with E-state index in [9.17, 15) is 22.4 Å². The summed E-state index contributed by atoms with van der Waals surface area (Å²) >= 11 is 0. The molecule has 2 fully saturated rings. The van der Waals surface area contributed by atoms with Gasteiger partial charge in [-0.15, -0.1) is 0 Å². The smallest absolute Gasteiger partial charge is 0.378 e. The molecule has 3 aromatic rings. The van der Waals surface area contributed by atoms with Crippen LogP contribution in [-0.4, -0.2) is 42.1 Å². The van der Waals surface area contributed by atoms with Gasteiger partial charge in [-0.25, -0.2) is 9.37 Å². The Morgan fingerprint density at radius 3 is 2.52 bits per heavy atom. The van der Waals surface area contributed by atoms with Crippen LogP contribution in [0.2, 0.25) is 0 Å². The summed E-state index contributed by atoms with van der Waals surface area (Å²) < 4.78 is 59.4. The van der Waals surface area contributed by atoms with E-state index < -0.39 is 17.6 Å². The first kappa shape index (κ1) is 21.6. The average molecular weight is 459 g/mol. The van der Waals surface area contributed by atoms with Gasteiger partial charge in [0, 0.05) is 30.1 Å². The molecule has 1 aliphatic carbocycles. The van der Waals surface area contributed by atoms with E-state index in [1.807, 2.05) is 12.1 Å². The highest BCUT2D eigenvalue weighted by molar-refractivity contribution is 6.11. The predicted octanol–water partition coefficient (Wildman–Crippen LogP) is 5.49. The van der Waals surface area contributed by atoms with Crippen molar-refractivity contribution < 1.29 is 27.1 Å². The zero-order valence-corrected chi connectivity index (χ0v) is 17.6. The molecule has 172 valence electrons. The topological polar surface area (TPSA) is 54.5 Å². The zero-order chi connectivity index (χ0) is 23.2. The Morgan fingerprint density at radius 2 is 1.82 bits per heavy atom. The molecule has 5 rings (SSSR count). The number of benzene rings is 2. The number of nitrogens with zero attached hydrogens (tertiary/aromatic N) is 2. The van der Waals surface area contributed by atoms with E-state index in [0.29, 0.717) is 54.6 Å². The Labute approximate surface area is 187 Å². The first-order valence-electron chi connectivity index (χ1n) is 10.8. The number of rotatable bonds is 4. The van der Waals surface area contributed by atoms with Crippen LogP contribution in [0.5, 0.6) is 0 Å². The van der Waals surface area contributed by atoms with E-state index >= 15 is 0 Å². The maximum Gasteiger partial charge on any atom is 0.419 e. The highest BCUT2D eigenvalue weighted by Gasteiger charge is 2.35. The van der Waals surface area contributed by atoms with Crippen molar-refractivity contribution in [3.05, 3.63) is 65.1 Å². The lowest BCUT2D eigenvalue weighted by molar-refractivity contribution is -0.139. The lowest BCUT2D eigenvalue weighted by atomic mass is 9.97. The van der Waals surface area contributed by atoms with E-state index in [1.54, 1.807) is 11.0 Å². The summed E-state index contributed by atoms with van der Waals surface area (Å²) in [4.78, 5) is 19.4. The average Bonchev–Trinajstić information content (AvgIpc) is 3.65. The minimum Gasteiger partial charge on any atom is -0.378 e. The molecule has 5 nitrogen and oxygen atoms in total. The normalized spacial score (nSPS) is 16.8. The van der Waals surface area contributed by atoms with Gasteiger partial charge in [-0.05, 0) is 36.5 Å². The van der Waals surface area contributed by atoms with E-state index in [-0.39, 0.29) is 17.4 Å². The molecule has 1 aromatic heterocycles. The van der Waals surface area contributed by atoms with Crippen molar-refractivity contribution in [2.75, 3.05) is 31.6 Å². The maximum absolute atomic E-state index is 14.6. The van der Waals surface area contributed by atoms with Crippen molar-refractivity contribution in [2.45, 2.75) is 24.9 Å². The van der Waals surface area contributed by atoms with E-state index in [2.05, 4.69) is 10.3 Å². The van der Waals surface area contributed by atoms with Gasteiger partial charge in [0.1, 0.15) is 5.82 Å². The number of pyridine rings is 1. The first-order valence-corrected chi connectivity index (χ1v) is 10.8. The van der Waals surface area contributed by atoms with Crippen LogP contribution in [0.4, 0.5) is 29.1 Å². The lowest BCUT2D eigenvalue weighted by Crippen LogP contribution is -2.40. The van der Waals surface area contributed by atoms with Crippen LogP contribution < -0.4 is 5.32 Å². The van der Waals surface area contributed by atoms with Gasteiger partial charge < -0.3 is 15.0 Å². The highest BCUT2D eigenvalue weighted by atomic mass is 19.4. The number of aromatic nitrogens is 1. The number of halogens is 4. The van der Waals surface area contributed by atoms with Crippen LogP contribution in [0.25, 0.3) is 10.8 Å². The minimum atomic E-state index is -4.81. The van der Waals surface area contributed by atoms with Crippen molar-refractivity contribution >= 4 is 28.2 Å². The fourth-order valence-corrected chi connectivity index (χ4v) is 4.24. The molecule has 1 saturated heterocycles. The number of hydrogen-bond donors (Lipinski definition) is 1. The van der Waals surface area contributed by atoms with Gasteiger partial charge in [0.2, 0.25) is 0 Å².